The lowest BCUT2D eigenvalue weighted by molar-refractivity contribution is 0.502. The molecule has 0 aliphatic rings. The Kier molecular flexibility index (Phi) is 5.80. The van der Waals surface area contributed by atoms with Crippen LogP contribution >= 0.6 is 0 Å². The summed E-state index contributed by atoms with van der Waals surface area (Å²) in [5, 5.41) is 7.99. The van der Waals surface area contributed by atoms with Crippen molar-refractivity contribution in [2.24, 2.45) is 0 Å². The smallest absolute Gasteiger partial charge is 0.247 e. The van der Waals surface area contributed by atoms with Crippen LogP contribution in [0.2, 0.25) is 0 Å². The molecule has 0 amide bonds. The Morgan fingerprint density at radius 1 is 0.962 bits per heavy atom. The first-order valence-electron chi connectivity index (χ1n) is 8.42. The quantitative estimate of drug-likeness (QED) is 0.658. The Bertz CT molecular complexity index is 936. The third kappa shape index (κ3) is 5.24. The van der Waals surface area contributed by atoms with Crippen molar-refractivity contribution in [2.45, 2.75) is 19.8 Å². The van der Waals surface area contributed by atoms with E-state index in [2.05, 4.69) is 14.9 Å². The lowest BCUT2D eigenvalue weighted by Gasteiger charge is -2.05. The van der Waals surface area contributed by atoms with Crippen LogP contribution in [0.15, 0.2) is 59.0 Å². The Hall–Kier alpha value is -2.51. The summed E-state index contributed by atoms with van der Waals surface area (Å²) in [6.45, 7) is 2.24. The zero-order chi connectivity index (χ0) is 18.4. The van der Waals surface area contributed by atoms with Crippen molar-refractivity contribution in [1.29, 1.82) is 0 Å². The lowest BCUT2D eigenvalue weighted by Crippen LogP contribution is -2.29. The molecule has 7 heteroatoms. The van der Waals surface area contributed by atoms with Gasteiger partial charge in [-0.2, -0.15) is 0 Å². The highest BCUT2D eigenvalue weighted by atomic mass is 32.2. The standard InChI is InChI=1S/C19H21N3O3S/c1-15-7-9-17(10-8-15)19-22-21-18(25-19)11-13-20-26(23,24)14-12-16-5-3-2-4-6-16/h2-10,20H,11-14H2,1H3. The Morgan fingerprint density at radius 3 is 2.42 bits per heavy atom. The maximum absolute atomic E-state index is 12.1. The zero-order valence-corrected chi connectivity index (χ0v) is 15.4. The molecule has 0 radical (unpaired) electrons. The van der Waals surface area contributed by atoms with Crippen LogP contribution in [0.4, 0.5) is 0 Å². The molecule has 1 N–H and O–H groups in total. The van der Waals surface area contributed by atoms with Crippen LogP contribution in [-0.4, -0.2) is 30.9 Å². The third-order valence-corrected chi connectivity index (χ3v) is 5.31. The van der Waals surface area contributed by atoms with Gasteiger partial charge in [0.15, 0.2) is 0 Å². The first-order valence-corrected chi connectivity index (χ1v) is 10.1. The van der Waals surface area contributed by atoms with E-state index in [9.17, 15) is 8.42 Å². The molecule has 26 heavy (non-hydrogen) atoms. The Balaban J connectivity index is 1.49. The summed E-state index contributed by atoms with van der Waals surface area (Å²) >= 11 is 0. The predicted octanol–water partition coefficient (Wildman–Crippen LogP) is 2.75. The molecule has 6 nitrogen and oxygen atoms in total. The summed E-state index contributed by atoms with van der Waals surface area (Å²) in [5.41, 5.74) is 2.99. The second-order valence-electron chi connectivity index (χ2n) is 6.07. The molecule has 3 aromatic rings. The predicted molar refractivity (Wildman–Crippen MR) is 100 cm³/mol. The summed E-state index contributed by atoms with van der Waals surface area (Å²) in [6.07, 6.45) is 0.831. The maximum atomic E-state index is 12.1. The van der Waals surface area contributed by atoms with Crippen LogP contribution < -0.4 is 4.72 Å². The molecule has 1 heterocycles. The lowest BCUT2D eigenvalue weighted by atomic mass is 10.1. The molecule has 0 unspecified atom stereocenters. The van der Waals surface area contributed by atoms with Crippen LogP contribution in [0.5, 0.6) is 0 Å². The molecule has 0 aliphatic carbocycles. The van der Waals surface area contributed by atoms with E-state index in [0.717, 1.165) is 16.7 Å². The van der Waals surface area contributed by atoms with Gasteiger partial charge in [-0.25, -0.2) is 13.1 Å². The highest BCUT2D eigenvalue weighted by Gasteiger charge is 2.12. The fourth-order valence-corrected chi connectivity index (χ4v) is 3.51. The van der Waals surface area contributed by atoms with Gasteiger partial charge in [0.1, 0.15) is 0 Å². The van der Waals surface area contributed by atoms with E-state index in [4.69, 9.17) is 4.42 Å². The highest BCUT2D eigenvalue weighted by Crippen LogP contribution is 2.18. The minimum Gasteiger partial charge on any atom is -0.421 e. The normalized spacial score (nSPS) is 11.6. The third-order valence-electron chi connectivity index (χ3n) is 3.93. The molecule has 0 fully saturated rings. The van der Waals surface area contributed by atoms with Crippen LogP contribution in [0.25, 0.3) is 11.5 Å². The van der Waals surface area contributed by atoms with Gasteiger partial charge in [0.25, 0.3) is 0 Å². The molecule has 0 spiro atoms. The molecule has 2 aromatic carbocycles. The Labute approximate surface area is 153 Å². The number of sulfonamides is 1. The van der Waals surface area contributed by atoms with Crippen molar-refractivity contribution in [1.82, 2.24) is 14.9 Å². The number of hydrogen-bond donors (Lipinski definition) is 1. The first-order chi connectivity index (χ1) is 12.5. The zero-order valence-electron chi connectivity index (χ0n) is 14.6. The van der Waals surface area contributed by atoms with Gasteiger partial charge in [0.05, 0.1) is 5.75 Å². The number of nitrogens with one attached hydrogen (secondary N) is 1. The minimum absolute atomic E-state index is 0.0511. The minimum atomic E-state index is -3.34. The van der Waals surface area contributed by atoms with E-state index in [0.29, 0.717) is 24.6 Å². The molecule has 136 valence electrons. The molecular weight excluding hydrogens is 350 g/mol. The number of benzene rings is 2. The van der Waals surface area contributed by atoms with Crippen LogP contribution in [-0.2, 0) is 22.9 Å². The summed E-state index contributed by atoms with van der Waals surface area (Å²) < 4.78 is 32.3. The molecule has 0 bridgehead atoms. The van der Waals surface area contributed by atoms with E-state index < -0.39 is 10.0 Å². The highest BCUT2D eigenvalue weighted by molar-refractivity contribution is 7.89. The van der Waals surface area contributed by atoms with E-state index in [1.54, 1.807) is 0 Å². The van der Waals surface area contributed by atoms with E-state index in [-0.39, 0.29) is 12.3 Å². The fraction of sp³-hybridized carbons (Fsp3) is 0.263. The topological polar surface area (TPSA) is 85.1 Å². The first kappa shape index (κ1) is 18.3. The SMILES string of the molecule is Cc1ccc(-c2nnc(CCNS(=O)(=O)CCc3ccccc3)o2)cc1. The van der Waals surface area contributed by atoms with Crippen molar-refractivity contribution in [3.8, 4) is 11.5 Å². The van der Waals surface area contributed by atoms with Gasteiger partial charge in [0.2, 0.25) is 21.8 Å². The molecule has 0 saturated heterocycles. The van der Waals surface area contributed by atoms with Gasteiger partial charge in [-0.3, -0.25) is 0 Å². The average molecular weight is 371 g/mol. The number of rotatable bonds is 8. The van der Waals surface area contributed by atoms with Crippen molar-refractivity contribution >= 4 is 10.0 Å². The van der Waals surface area contributed by atoms with Crippen LogP contribution in [0.3, 0.4) is 0 Å². The molecular formula is C19H21N3O3S. The van der Waals surface area contributed by atoms with Crippen molar-refractivity contribution in [3.05, 3.63) is 71.6 Å². The molecule has 0 saturated carbocycles. The number of aryl methyl sites for hydroxylation is 2. The van der Waals surface area contributed by atoms with Crippen molar-refractivity contribution < 1.29 is 12.8 Å². The largest absolute Gasteiger partial charge is 0.421 e. The second-order valence-corrected chi connectivity index (χ2v) is 7.99. The van der Waals surface area contributed by atoms with E-state index in [1.165, 1.54) is 0 Å². The van der Waals surface area contributed by atoms with E-state index >= 15 is 0 Å². The summed E-state index contributed by atoms with van der Waals surface area (Å²) in [7, 11) is -3.34. The summed E-state index contributed by atoms with van der Waals surface area (Å²) in [4.78, 5) is 0. The van der Waals surface area contributed by atoms with Gasteiger partial charge in [-0.15, -0.1) is 10.2 Å². The Morgan fingerprint density at radius 2 is 1.69 bits per heavy atom. The molecule has 3 rings (SSSR count). The monoisotopic (exact) mass is 371 g/mol. The average Bonchev–Trinajstić information content (AvgIpc) is 3.10. The summed E-state index contributed by atoms with van der Waals surface area (Å²) in [6, 6.07) is 17.3. The van der Waals surface area contributed by atoms with Gasteiger partial charge in [-0.05, 0) is 31.0 Å². The molecule has 0 aliphatic heterocycles. The molecule has 0 atom stereocenters. The van der Waals surface area contributed by atoms with Gasteiger partial charge < -0.3 is 4.42 Å². The van der Waals surface area contributed by atoms with Crippen molar-refractivity contribution in [3.63, 3.8) is 0 Å². The van der Waals surface area contributed by atoms with Gasteiger partial charge in [-0.1, -0.05) is 48.0 Å². The van der Waals surface area contributed by atoms with E-state index in [1.807, 2.05) is 61.5 Å². The van der Waals surface area contributed by atoms with Crippen LogP contribution in [0, 0.1) is 6.92 Å². The fourth-order valence-electron chi connectivity index (χ4n) is 2.45. The number of aromatic nitrogens is 2. The second kappa shape index (κ2) is 8.25. The van der Waals surface area contributed by atoms with Gasteiger partial charge >= 0.3 is 0 Å². The van der Waals surface area contributed by atoms with Crippen LogP contribution in [0.1, 0.15) is 17.0 Å². The molecule has 1 aromatic heterocycles. The maximum Gasteiger partial charge on any atom is 0.247 e. The summed E-state index contributed by atoms with van der Waals surface area (Å²) in [5.74, 6) is 0.897. The van der Waals surface area contributed by atoms with Crippen molar-refractivity contribution in [2.75, 3.05) is 12.3 Å². The van der Waals surface area contributed by atoms with Gasteiger partial charge in [0, 0.05) is 18.5 Å². The number of nitrogens with zero attached hydrogens (tertiary/aromatic N) is 2. The number of hydrogen-bond acceptors (Lipinski definition) is 5.